The molecule has 0 saturated heterocycles. The number of nitrogens with zero attached hydrogens (tertiary/aromatic N) is 2. The van der Waals surface area contributed by atoms with E-state index in [0.717, 1.165) is 7.05 Å². The Kier molecular flexibility index (Phi) is 3.54. The second-order valence-electron chi connectivity index (χ2n) is 2.13. The van der Waals surface area contributed by atoms with Crippen molar-refractivity contribution in [2.24, 2.45) is 0 Å². The number of hydrogen-bond donors (Lipinski definition) is 0. The molecule has 6 heteroatoms. The second kappa shape index (κ2) is 3.95. The van der Waals surface area contributed by atoms with E-state index >= 15 is 0 Å². The Bertz CT molecular complexity index is 206. The van der Waals surface area contributed by atoms with Gasteiger partial charge in [0.1, 0.15) is 0 Å². The molecule has 0 fully saturated rings. The predicted octanol–water partition coefficient (Wildman–Crippen LogP) is 0.921. The van der Waals surface area contributed by atoms with Crippen molar-refractivity contribution in [1.82, 2.24) is 4.90 Å². The lowest BCUT2D eigenvalue weighted by Crippen LogP contribution is -2.38. The number of hydrogen-bond acceptors (Lipinski definition) is 2. The third kappa shape index (κ3) is 3.23. The molecular formula is C6H7F3N2O. The van der Waals surface area contributed by atoms with Crippen molar-refractivity contribution in [1.29, 1.82) is 5.26 Å². The number of carbonyl (C=O) groups excluding carboxylic acids is 1. The highest BCUT2D eigenvalue weighted by atomic mass is 19.4. The minimum atomic E-state index is -4.84. The Morgan fingerprint density at radius 1 is 1.58 bits per heavy atom. The molecule has 3 nitrogen and oxygen atoms in total. The molecule has 0 radical (unpaired) electrons. The number of alkyl halides is 3. The average Bonchev–Trinajstić information content (AvgIpc) is 1.97. The molecule has 0 aliphatic heterocycles. The van der Waals surface area contributed by atoms with E-state index in [1.807, 2.05) is 0 Å². The van der Waals surface area contributed by atoms with Crippen LogP contribution in [0, 0.1) is 11.3 Å². The first-order valence-electron chi connectivity index (χ1n) is 3.09. The van der Waals surface area contributed by atoms with Crippen molar-refractivity contribution in [3.63, 3.8) is 0 Å². The quantitative estimate of drug-likeness (QED) is 0.634. The minimum Gasteiger partial charge on any atom is -0.337 e. The highest BCUT2D eigenvalue weighted by Gasteiger charge is 2.40. The molecule has 68 valence electrons. The summed E-state index contributed by atoms with van der Waals surface area (Å²) in [6, 6.07) is 1.64. The second-order valence-corrected chi connectivity index (χ2v) is 2.13. The molecule has 0 aliphatic rings. The highest BCUT2D eigenvalue weighted by molar-refractivity contribution is 5.81. The molecule has 0 aliphatic carbocycles. The Balaban J connectivity index is 4.04. The van der Waals surface area contributed by atoms with E-state index in [4.69, 9.17) is 5.26 Å². The normalized spacial score (nSPS) is 10.6. The Morgan fingerprint density at radius 3 is 2.42 bits per heavy atom. The standard InChI is InChI=1S/C6H7F3N2O/c1-11(4-2-3-10)5(12)6(7,8)9/h2,4H2,1H3. The minimum absolute atomic E-state index is 0.0989. The van der Waals surface area contributed by atoms with Crippen LogP contribution in [-0.4, -0.2) is 30.6 Å². The number of nitriles is 1. The third-order valence-electron chi connectivity index (χ3n) is 1.15. The molecule has 0 saturated carbocycles. The molecule has 0 atom stereocenters. The van der Waals surface area contributed by atoms with Crippen LogP contribution in [0.1, 0.15) is 6.42 Å². The van der Waals surface area contributed by atoms with Crippen LogP contribution in [0.15, 0.2) is 0 Å². The lowest BCUT2D eigenvalue weighted by atomic mass is 10.4. The molecule has 0 aromatic rings. The van der Waals surface area contributed by atoms with E-state index in [0.29, 0.717) is 4.90 Å². The van der Waals surface area contributed by atoms with Gasteiger partial charge in [-0.25, -0.2) is 0 Å². The first-order valence-corrected chi connectivity index (χ1v) is 3.09. The maximum absolute atomic E-state index is 11.7. The molecular weight excluding hydrogens is 173 g/mol. The van der Waals surface area contributed by atoms with Gasteiger partial charge >= 0.3 is 12.1 Å². The molecule has 0 unspecified atom stereocenters. The molecule has 0 bridgehead atoms. The average molecular weight is 180 g/mol. The summed E-state index contributed by atoms with van der Waals surface area (Å²) in [6.07, 6.45) is -4.94. The van der Waals surface area contributed by atoms with Crippen molar-refractivity contribution in [3.8, 4) is 6.07 Å². The number of rotatable bonds is 2. The summed E-state index contributed by atoms with van der Waals surface area (Å²) in [4.78, 5) is 10.8. The van der Waals surface area contributed by atoms with Gasteiger partial charge in [-0.05, 0) is 0 Å². The van der Waals surface area contributed by atoms with E-state index in [1.54, 1.807) is 6.07 Å². The van der Waals surface area contributed by atoms with Crippen LogP contribution in [0.25, 0.3) is 0 Å². The zero-order valence-corrected chi connectivity index (χ0v) is 6.35. The maximum atomic E-state index is 11.7. The van der Waals surface area contributed by atoms with Crippen LogP contribution >= 0.6 is 0 Å². The van der Waals surface area contributed by atoms with Crippen LogP contribution in [0.2, 0.25) is 0 Å². The number of halogens is 3. The molecule has 0 N–H and O–H groups in total. The Labute approximate surface area is 67.4 Å². The van der Waals surface area contributed by atoms with Crippen molar-refractivity contribution in [2.75, 3.05) is 13.6 Å². The van der Waals surface area contributed by atoms with E-state index in [1.165, 1.54) is 0 Å². The third-order valence-corrected chi connectivity index (χ3v) is 1.15. The summed E-state index contributed by atoms with van der Waals surface area (Å²) in [5.74, 6) is -1.92. The lowest BCUT2D eigenvalue weighted by molar-refractivity contribution is -0.183. The SMILES string of the molecule is CN(CCC#N)C(=O)C(F)(F)F. The maximum Gasteiger partial charge on any atom is 0.471 e. The van der Waals surface area contributed by atoms with Gasteiger partial charge < -0.3 is 4.90 Å². The zero-order valence-electron chi connectivity index (χ0n) is 6.35. The van der Waals surface area contributed by atoms with E-state index in [-0.39, 0.29) is 13.0 Å². The summed E-state index contributed by atoms with van der Waals surface area (Å²) in [5.41, 5.74) is 0. The van der Waals surface area contributed by atoms with Gasteiger partial charge in [0.25, 0.3) is 0 Å². The van der Waals surface area contributed by atoms with E-state index < -0.39 is 12.1 Å². The summed E-state index contributed by atoms with van der Waals surface area (Å²) in [5, 5.41) is 8.03. The van der Waals surface area contributed by atoms with Gasteiger partial charge in [-0.15, -0.1) is 0 Å². The van der Waals surface area contributed by atoms with Gasteiger partial charge in [-0.3, -0.25) is 4.79 Å². The van der Waals surface area contributed by atoms with Crippen LogP contribution < -0.4 is 0 Å². The summed E-state index contributed by atoms with van der Waals surface area (Å²) >= 11 is 0. The summed E-state index contributed by atoms with van der Waals surface area (Å²) < 4.78 is 35.0. The van der Waals surface area contributed by atoms with Crippen LogP contribution in [0.4, 0.5) is 13.2 Å². The first-order chi connectivity index (χ1) is 5.39. The first kappa shape index (κ1) is 10.8. The van der Waals surface area contributed by atoms with Gasteiger partial charge in [0.15, 0.2) is 0 Å². The Morgan fingerprint density at radius 2 is 2.08 bits per heavy atom. The lowest BCUT2D eigenvalue weighted by Gasteiger charge is -2.16. The monoisotopic (exact) mass is 180 g/mol. The van der Waals surface area contributed by atoms with E-state index in [2.05, 4.69) is 0 Å². The van der Waals surface area contributed by atoms with Gasteiger partial charge in [0, 0.05) is 13.6 Å². The smallest absolute Gasteiger partial charge is 0.337 e. The fourth-order valence-electron chi connectivity index (χ4n) is 0.536. The van der Waals surface area contributed by atoms with Gasteiger partial charge in [-0.1, -0.05) is 0 Å². The Hall–Kier alpha value is -1.25. The van der Waals surface area contributed by atoms with E-state index in [9.17, 15) is 18.0 Å². The highest BCUT2D eigenvalue weighted by Crippen LogP contribution is 2.17. The van der Waals surface area contributed by atoms with Gasteiger partial charge in [-0.2, -0.15) is 18.4 Å². The van der Waals surface area contributed by atoms with Crippen molar-refractivity contribution in [3.05, 3.63) is 0 Å². The molecule has 12 heavy (non-hydrogen) atoms. The summed E-state index contributed by atoms with van der Waals surface area (Å²) in [6.45, 7) is -0.200. The van der Waals surface area contributed by atoms with Gasteiger partial charge in [0.2, 0.25) is 0 Å². The molecule has 0 rings (SSSR count). The molecule has 0 spiro atoms. The van der Waals surface area contributed by atoms with Crippen molar-refractivity contribution >= 4 is 5.91 Å². The summed E-state index contributed by atoms with van der Waals surface area (Å²) in [7, 11) is 1.01. The van der Waals surface area contributed by atoms with Crippen LogP contribution in [0.3, 0.4) is 0 Å². The topological polar surface area (TPSA) is 44.1 Å². The van der Waals surface area contributed by atoms with Crippen LogP contribution in [-0.2, 0) is 4.79 Å². The fourth-order valence-corrected chi connectivity index (χ4v) is 0.536. The van der Waals surface area contributed by atoms with Crippen molar-refractivity contribution < 1.29 is 18.0 Å². The molecule has 0 aromatic carbocycles. The largest absolute Gasteiger partial charge is 0.471 e. The molecule has 0 aromatic heterocycles. The van der Waals surface area contributed by atoms with Crippen LogP contribution in [0.5, 0.6) is 0 Å². The number of carbonyl (C=O) groups is 1. The number of amides is 1. The van der Waals surface area contributed by atoms with Crippen molar-refractivity contribution in [2.45, 2.75) is 12.6 Å². The van der Waals surface area contributed by atoms with Gasteiger partial charge in [0.05, 0.1) is 12.5 Å². The molecule has 0 heterocycles. The fraction of sp³-hybridized carbons (Fsp3) is 0.667. The molecule has 1 amide bonds. The zero-order chi connectivity index (χ0) is 9.78. The predicted molar refractivity (Wildman–Crippen MR) is 33.9 cm³/mol.